The van der Waals surface area contributed by atoms with Crippen molar-refractivity contribution in [2.24, 2.45) is 4.99 Å². The third-order valence-electron chi connectivity index (χ3n) is 6.16. The summed E-state index contributed by atoms with van der Waals surface area (Å²) in [6.07, 6.45) is 1.31. The van der Waals surface area contributed by atoms with Crippen molar-refractivity contribution in [3.8, 4) is 17.1 Å². The van der Waals surface area contributed by atoms with Gasteiger partial charge in [-0.1, -0.05) is 54.8 Å². The number of carbonyl (C=O) groups excluding carboxylic acids is 1. The first kappa shape index (κ1) is 28.6. The lowest BCUT2D eigenvalue weighted by atomic mass is 9.95. The highest BCUT2D eigenvalue weighted by Crippen LogP contribution is 2.37. The van der Waals surface area contributed by atoms with Crippen LogP contribution in [0.4, 0.5) is 0 Å². The van der Waals surface area contributed by atoms with Gasteiger partial charge in [-0.3, -0.25) is 9.36 Å². The molecule has 0 saturated carbocycles. The van der Waals surface area contributed by atoms with Crippen molar-refractivity contribution in [1.82, 2.24) is 4.57 Å². The van der Waals surface area contributed by atoms with Crippen molar-refractivity contribution in [2.75, 3.05) is 7.11 Å². The summed E-state index contributed by atoms with van der Waals surface area (Å²) in [5, 5.41) is 0.436. The largest absolute Gasteiger partial charge is 0.496 e. The number of halogens is 3. The molecule has 4 aromatic rings. The quantitative estimate of drug-likeness (QED) is 0.210. The Labute approximate surface area is 255 Å². The van der Waals surface area contributed by atoms with E-state index in [9.17, 15) is 9.59 Å². The smallest absolute Gasteiger partial charge is 0.338 e. The van der Waals surface area contributed by atoms with Crippen LogP contribution in [0.15, 0.2) is 83.0 Å². The number of furan rings is 1. The fourth-order valence-corrected chi connectivity index (χ4v) is 6.47. The van der Waals surface area contributed by atoms with Gasteiger partial charge in [-0.05, 0) is 69.3 Å². The van der Waals surface area contributed by atoms with Gasteiger partial charge >= 0.3 is 5.97 Å². The van der Waals surface area contributed by atoms with Gasteiger partial charge in [0, 0.05) is 31.2 Å². The number of nitrogens with zero attached hydrogens (tertiary/aromatic N) is 2. The van der Waals surface area contributed by atoms with E-state index in [2.05, 4.69) is 36.9 Å². The molecule has 11 heteroatoms. The first-order valence-electron chi connectivity index (χ1n) is 12.2. The topological polar surface area (TPSA) is 83.0 Å². The predicted octanol–water partition coefficient (Wildman–Crippen LogP) is 6.63. The van der Waals surface area contributed by atoms with Crippen LogP contribution in [0, 0.1) is 0 Å². The van der Waals surface area contributed by atoms with Crippen LogP contribution < -0.4 is 19.6 Å². The molecule has 0 spiro atoms. The highest BCUT2D eigenvalue weighted by atomic mass is 79.9. The second-order valence-electron chi connectivity index (χ2n) is 9.25. The zero-order valence-corrected chi connectivity index (χ0v) is 26.6. The van der Waals surface area contributed by atoms with Gasteiger partial charge in [-0.25, -0.2) is 9.79 Å². The molecule has 206 valence electrons. The van der Waals surface area contributed by atoms with Crippen LogP contribution in [-0.2, 0) is 9.53 Å². The Kier molecular flexibility index (Phi) is 8.24. The summed E-state index contributed by atoms with van der Waals surface area (Å²) in [4.78, 5) is 32.3. The van der Waals surface area contributed by atoms with Crippen LogP contribution in [0.1, 0.15) is 38.1 Å². The molecule has 7 nitrogen and oxygen atoms in total. The standard InChI is InChI=1S/C29H23Br2ClN2O5S/c1-14(2)38-28(36)25-15(3)33-29-34(26(25)20-12-17(32)6-9-22(20)37-4)27(35)24(40-29)13-18-7-10-23(39-18)19-11-16(30)5-8-21(19)31/h5-14,26H,1-4H3/b24-13-/t26-/m1/s1. The number of ether oxygens (including phenoxy) is 2. The summed E-state index contributed by atoms with van der Waals surface area (Å²) in [6, 6.07) is 13.7. The van der Waals surface area contributed by atoms with Crippen molar-refractivity contribution >= 4 is 66.8 Å². The highest BCUT2D eigenvalue weighted by molar-refractivity contribution is 9.11. The maximum Gasteiger partial charge on any atom is 0.338 e. The lowest BCUT2D eigenvalue weighted by Crippen LogP contribution is -2.40. The van der Waals surface area contributed by atoms with E-state index in [0.29, 0.717) is 42.9 Å². The molecule has 1 atom stereocenters. The van der Waals surface area contributed by atoms with Gasteiger partial charge in [0.05, 0.1) is 29.0 Å². The Morgan fingerprint density at radius 1 is 1.18 bits per heavy atom. The van der Waals surface area contributed by atoms with Gasteiger partial charge in [0.15, 0.2) is 4.80 Å². The monoisotopic (exact) mass is 704 g/mol. The molecular weight excluding hydrogens is 684 g/mol. The van der Waals surface area contributed by atoms with Crippen LogP contribution in [0.25, 0.3) is 17.4 Å². The van der Waals surface area contributed by atoms with Crippen molar-refractivity contribution in [1.29, 1.82) is 0 Å². The molecule has 2 aromatic carbocycles. The number of methoxy groups -OCH3 is 1. The number of hydrogen-bond donors (Lipinski definition) is 0. The number of thiazole rings is 1. The first-order valence-corrected chi connectivity index (χ1v) is 15.0. The minimum absolute atomic E-state index is 0.244. The molecule has 0 N–H and O–H groups in total. The SMILES string of the molecule is COc1ccc(Cl)cc1[C@@H]1C(C(=O)OC(C)C)=C(C)N=c2s/c(=C\c3ccc(-c4cc(Br)ccc4Br)o3)c(=O)n21. The molecule has 0 radical (unpaired) electrons. The number of carbonyl (C=O) groups is 1. The normalized spacial score (nSPS) is 15.3. The van der Waals surface area contributed by atoms with Crippen molar-refractivity contribution in [3.05, 3.63) is 105 Å². The van der Waals surface area contributed by atoms with E-state index in [-0.39, 0.29) is 17.2 Å². The van der Waals surface area contributed by atoms with Gasteiger partial charge in [0.1, 0.15) is 23.3 Å². The zero-order chi connectivity index (χ0) is 28.7. The maximum absolute atomic E-state index is 13.9. The molecule has 1 aliphatic rings. The Balaban J connectivity index is 1.68. The van der Waals surface area contributed by atoms with Gasteiger partial charge in [-0.15, -0.1) is 0 Å². The van der Waals surface area contributed by atoms with Crippen molar-refractivity contribution in [2.45, 2.75) is 32.9 Å². The summed E-state index contributed by atoms with van der Waals surface area (Å²) < 4.78 is 20.9. The lowest BCUT2D eigenvalue weighted by Gasteiger charge is -2.26. The minimum atomic E-state index is -0.858. The second kappa shape index (κ2) is 11.5. The zero-order valence-electron chi connectivity index (χ0n) is 21.8. The molecule has 3 heterocycles. The number of benzene rings is 2. The fourth-order valence-electron chi connectivity index (χ4n) is 4.46. The van der Waals surface area contributed by atoms with E-state index in [0.717, 1.165) is 14.5 Å². The predicted molar refractivity (Wildman–Crippen MR) is 163 cm³/mol. The molecule has 0 fully saturated rings. The summed E-state index contributed by atoms with van der Waals surface area (Å²) >= 11 is 14.6. The Hall–Kier alpha value is -2.92. The summed E-state index contributed by atoms with van der Waals surface area (Å²) in [6.45, 7) is 5.26. The third-order valence-corrected chi connectivity index (χ3v) is 8.57. The number of allylic oxidation sites excluding steroid dienone is 1. The summed E-state index contributed by atoms with van der Waals surface area (Å²) in [5.41, 5.74) is 1.78. The minimum Gasteiger partial charge on any atom is -0.496 e. The second-order valence-corrected chi connectivity index (χ2v) is 12.5. The van der Waals surface area contributed by atoms with E-state index in [1.54, 1.807) is 51.1 Å². The van der Waals surface area contributed by atoms with Gasteiger partial charge < -0.3 is 13.9 Å². The maximum atomic E-state index is 13.9. The Morgan fingerprint density at radius 2 is 1.95 bits per heavy atom. The molecule has 0 unspecified atom stereocenters. The molecule has 2 aromatic heterocycles. The molecule has 40 heavy (non-hydrogen) atoms. The molecule has 0 amide bonds. The van der Waals surface area contributed by atoms with Crippen LogP contribution in [0.2, 0.25) is 5.02 Å². The van der Waals surface area contributed by atoms with E-state index in [1.807, 2.05) is 24.3 Å². The molecule has 0 aliphatic carbocycles. The number of rotatable bonds is 6. The van der Waals surface area contributed by atoms with Gasteiger partial charge in [0.2, 0.25) is 0 Å². The Bertz CT molecular complexity index is 1850. The first-order chi connectivity index (χ1) is 19.1. The molecular formula is C29H23Br2ClN2O5S. The van der Waals surface area contributed by atoms with Crippen LogP contribution in [-0.4, -0.2) is 23.8 Å². The van der Waals surface area contributed by atoms with Crippen LogP contribution in [0.5, 0.6) is 5.75 Å². The lowest BCUT2D eigenvalue weighted by molar-refractivity contribution is -0.143. The van der Waals surface area contributed by atoms with E-state index < -0.39 is 12.0 Å². The highest BCUT2D eigenvalue weighted by Gasteiger charge is 2.35. The molecule has 0 bridgehead atoms. The van der Waals surface area contributed by atoms with Gasteiger partial charge in [0.25, 0.3) is 5.56 Å². The molecule has 5 rings (SSSR count). The number of fused-ring (bicyclic) bond motifs is 1. The van der Waals surface area contributed by atoms with Crippen molar-refractivity contribution in [3.63, 3.8) is 0 Å². The fraction of sp³-hybridized carbons (Fsp3) is 0.207. The van der Waals surface area contributed by atoms with E-state index in [1.165, 1.54) is 23.0 Å². The Morgan fingerprint density at radius 3 is 2.67 bits per heavy atom. The van der Waals surface area contributed by atoms with Crippen LogP contribution in [0.3, 0.4) is 0 Å². The molecule has 1 aliphatic heterocycles. The average molecular weight is 707 g/mol. The number of esters is 1. The van der Waals surface area contributed by atoms with Gasteiger partial charge in [-0.2, -0.15) is 0 Å². The number of aromatic nitrogens is 1. The van der Waals surface area contributed by atoms with Crippen LogP contribution >= 0.6 is 54.8 Å². The molecule has 0 saturated heterocycles. The average Bonchev–Trinajstić information content (AvgIpc) is 3.48. The summed E-state index contributed by atoms with van der Waals surface area (Å²) in [7, 11) is 1.53. The summed E-state index contributed by atoms with van der Waals surface area (Å²) in [5.74, 6) is 1.05. The van der Waals surface area contributed by atoms with E-state index in [4.69, 9.17) is 25.5 Å². The van der Waals surface area contributed by atoms with Crippen molar-refractivity contribution < 1.29 is 18.7 Å². The third kappa shape index (κ3) is 5.50. The number of hydrogen-bond acceptors (Lipinski definition) is 7. The van der Waals surface area contributed by atoms with E-state index >= 15 is 0 Å².